The van der Waals surface area contributed by atoms with Crippen LogP contribution in [0.1, 0.15) is 37.3 Å². The van der Waals surface area contributed by atoms with E-state index in [0.29, 0.717) is 11.6 Å². The molecule has 19 heavy (non-hydrogen) atoms. The van der Waals surface area contributed by atoms with E-state index in [1.165, 1.54) is 0 Å². The summed E-state index contributed by atoms with van der Waals surface area (Å²) in [6.45, 7) is 4.12. The highest BCUT2D eigenvalue weighted by molar-refractivity contribution is 6.29. The van der Waals surface area contributed by atoms with Gasteiger partial charge in [-0.1, -0.05) is 11.6 Å². The molecule has 1 unspecified atom stereocenters. The lowest BCUT2D eigenvalue weighted by atomic mass is 10.1. The van der Waals surface area contributed by atoms with Crippen LogP contribution < -0.4 is 11.3 Å². The molecule has 0 saturated heterocycles. The fraction of sp³-hybridized carbons (Fsp3) is 0.417. The minimum Gasteiger partial charge on any atom is -0.271 e. The van der Waals surface area contributed by atoms with Gasteiger partial charge < -0.3 is 0 Å². The van der Waals surface area contributed by atoms with Crippen LogP contribution in [0.4, 0.5) is 0 Å². The van der Waals surface area contributed by atoms with Crippen molar-refractivity contribution in [2.24, 2.45) is 5.84 Å². The largest absolute Gasteiger partial charge is 0.271 e. The third-order valence-electron chi connectivity index (χ3n) is 2.88. The molecule has 0 amide bonds. The van der Waals surface area contributed by atoms with E-state index < -0.39 is 0 Å². The Morgan fingerprint density at radius 1 is 1.42 bits per heavy atom. The first-order chi connectivity index (χ1) is 9.11. The van der Waals surface area contributed by atoms with Gasteiger partial charge in [0.2, 0.25) is 0 Å². The minimum atomic E-state index is -0.0813. The van der Waals surface area contributed by atoms with Crippen LogP contribution in [0.15, 0.2) is 24.7 Å². The maximum atomic E-state index is 5.90. The van der Waals surface area contributed by atoms with E-state index in [-0.39, 0.29) is 12.1 Å². The van der Waals surface area contributed by atoms with Gasteiger partial charge in [0.05, 0.1) is 6.04 Å². The van der Waals surface area contributed by atoms with Crippen LogP contribution in [-0.4, -0.2) is 19.7 Å². The second kappa shape index (κ2) is 6.10. The molecule has 0 aliphatic carbocycles. The molecule has 0 saturated carbocycles. The monoisotopic (exact) mass is 280 g/mol. The van der Waals surface area contributed by atoms with Crippen LogP contribution in [0.5, 0.6) is 0 Å². The predicted molar refractivity (Wildman–Crippen MR) is 73.4 cm³/mol. The second-order valence-electron chi connectivity index (χ2n) is 4.55. The van der Waals surface area contributed by atoms with Crippen molar-refractivity contribution < 1.29 is 0 Å². The fourth-order valence-corrected chi connectivity index (χ4v) is 2.12. The van der Waals surface area contributed by atoms with Crippen molar-refractivity contribution in [2.75, 3.05) is 0 Å². The van der Waals surface area contributed by atoms with E-state index in [1.54, 1.807) is 18.6 Å². The van der Waals surface area contributed by atoms with Crippen LogP contribution in [0.2, 0.25) is 5.15 Å². The van der Waals surface area contributed by atoms with E-state index in [4.69, 9.17) is 17.4 Å². The highest BCUT2D eigenvalue weighted by Gasteiger charge is 2.16. The number of hydrazine groups is 1. The summed E-state index contributed by atoms with van der Waals surface area (Å²) in [5, 5.41) is 4.66. The summed E-state index contributed by atoms with van der Waals surface area (Å²) in [6, 6.07) is 3.86. The Balaban J connectivity index is 2.22. The van der Waals surface area contributed by atoms with Gasteiger partial charge in [-0.05, 0) is 31.5 Å². The number of nitrogens with one attached hydrogen (secondary N) is 1. The van der Waals surface area contributed by atoms with Crippen molar-refractivity contribution in [3.8, 4) is 0 Å². The van der Waals surface area contributed by atoms with Crippen molar-refractivity contribution >= 4 is 11.6 Å². The Labute approximate surface area is 117 Å². The molecule has 0 spiro atoms. The molecule has 0 bridgehead atoms. The molecular weight excluding hydrogens is 264 g/mol. The molecule has 7 heteroatoms. The number of rotatable bonds is 5. The summed E-state index contributed by atoms with van der Waals surface area (Å²) in [5.74, 6) is 6.51. The maximum absolute atomic E-state index is 5.90. The molecule has 0 aliphatic heterocycles. The van der Waals surface area contributed by atoms with Crippen LogP contribution in [-0.2, 0) is 6.42 Å². The van der Waals surface area contributed by atoms with Crippen molar-refractivity contribution in [3.05, 3.63) is 41.2 Å². The normalized spacial score (nSPS) is 12.9. The molecule has 2 aromatic heterocycles. The highest BCUT2D eigenvalue weighted by Crippen LogP contribution is 2.19. The van der Waals surface area contributed by atoms with Crippen molar-refractivity contribution in [1.82, 2.24) is 25.2 Å². The fourth-order valence-electron chi connectivity index (χ4n) is 1.94. The average Bonchev–Trinajstić information content (AvgIpc) is 2.84. The van der Waals surface area contributed by atoms with Crippen LogP contribution in [0.3, 0.4) is 0 Å². The number of aromatic nitrogens is 4. The van der Waals surface area contributed by atoms with Gasteiger partial charge in [-0.2, -0.15) is 5.10 Å². The van der Waals surface area contributed by atoms with Crippen LogP contribution >= 0.6 is 11.6 Å². The number of hydrogen-bond acceptors (Lipinski definition) is 5. The van der Waals surface area contributed by atoms with Gasteiger partial charge in [-0.3, -0.25) is 11.3 Å². The lowest BCUT2D eigenvalue weighted by molar-refractivity contribution is 0.468. The zero-order valence-electron chi connectivity index (χ0n) is 10.9. The van der Waals surface area contributed by atoms with E-state index in [1.807, 2.05) is 10.7 Å². The minimum absolute atomic E-state index is 0.0813. The number of nitrogens with zero attached hydrogens (tertiary/aromatic N) is 4. The number of pyridine rings is 1. The van der Waals surface area contributed by atoms with Gasteiger partial charge in [-0.15, -0.1) is 0 Å². The predicted octanol–water partition coefficient (Wildman–Crippen LogP) is 1.65. The zero-order chi connectivity index (χ0) is 13.8. The summed E-state index contributed by atoms with van der Waals surface area (Å²) < 4.78 is 1.88. The smallest absolute Gasteiger partial charge is 0.138 e. The van der Waals surface area contributed by atoms with Crippen molar-refractivity contribution in [2.45, 2.75) is 32.4 Å². The molecule has 1 atom stereocenters. The molecule has 6 nitrogen and oxygen atoms in total. The lowest BCUT2D eigenvalue weighted by Gasteiger charge is -2.17. The van der Waals surface area contributed by atoms with Crippen molar-refractivity contribution in [3.63, 3.8) is 0 Å². The molecule has 102 valence electrons. The molecule has 2 heterocycles. The van der Waals surface area contributed by atoms with Gasteiger partial charge in [0, 0.05) is 18.7 Å². The van der Waals surface area contributed by atoms with Crippen LogP contribution in [0.25, 0.3) is 0 Å². The van der Waals surface area contributed by atoms with Gasteiger partial charge in [0.15, 0.2) is 0 Å². The molecule has 0 radical (unpaired) electrons. The quantitative estimate of drug-likeness (QED) is 0.494. The summed E-state index contributed by atoms with van der Waals surface area (Å²) in [7, 11) is 0. The number of hydrogen-bond donors (Lipinski definition) is 2. The van der Waals surface area contributed by atoms with E-state index in [2.05, 4.69) is 34.3 Å². The van der Waals surface area contributed by atoms with Gasteiger partial charge in [0.1, 0.15) is 17.3 Å². The molecular formula is C12H17ClN6. The molecule has 0 fully saturated rings. The van der Waals surface area contributed by atoms with Crippen LogP contribution in [0, 0.1) is 0 Å². The molecule has 2 aromatic rings. The number of halogens is 1. The highest BCUT2D eigenvalue weighted by atomic mass is 35.5. The first-order valence-electron chi connectivity index (χ1n) is 6.07. The number of nitrogens with two attached hydrogens (primary N) is 1. The standard InChI is InChI=1S/C12H17ClN6/c1-8(2)19-12(16-7-17-19)6-10(18-14)9-3-4-15-11(13)5-9/h3-5,7-8,10,18H,6,14H2,1-2H3. The lowest BCUT2D eigenvalue weighted by Crippen LogP contribution is -2.30. The molecule has 2 rings (SSSR count). The van der Waals surface area contributed by atoms with Gasteiger partial charge >= 0.3 is 0 Å². The SMILES string of the molecule is CC(C)n1ncnc1CC(NN)c1ccnc(Cl)c1. The van der Waals surface area contributed by atoms with E-state index in [0.717, 1.165) is 11.4 Å². The maximum Gasteiger partial charge on any atom is 0.138 e. The zero-order valence-corrected chi connectivity index (χ0v) is 11.7. The first kappa shape index (κ1) is 13.9. The Hall–Kier alpha value is -1.50. The summed E-state index contributed by atoms with van der Waals surface area (Å²) in [6.07, 6.45) is 3.85. The molecule has 0 aliphatic rings. The second-order valence-corrected chi connectivity index (χ2v) is 4.94. The third kappa shape index (κ3) is 3.28. The average molecular weight is 281 g/mol. The molecule has 0 aromatic carbocycles. The summed E-state index contributed by atoms with van der Waals surface area (Å²) in [5.41, 5.74) is 3.76. The van der Waals surface area contributed by atoms with E-state index >= 15 is 0 Å². The van der Waals surface area contributed by atoms with E-state index in [9.17, 15) is 0 Å². The summed E-state index contributed by atoms with van der Waals surface area (Å²) >= 11 is 5.90. The topological polar surface area (TPSA) is 81.7 Å². The van der Waals surface area contributed by atoms with Gasteiger partial charge in [0.25, 0.3) is 0 Å². The Morgan fingerprint density at radius 2 is 2.21 bits per heavy atom. The molecule has 3 N–H and O–H groups in total. The Bertz CT molecular complexity index is 539. The Morgan fingerprint density at radius 3 is 2.84 bits per heavy atom. The summed E-state index contributed by atoms with van der Waals surface area (Å²) in [4.78, 5) is 8.24. The Kier molecular flexibility index (Phi) is 4.47. The van der Waals surface area contributed by atoms with Gasteiger partial charge in [-0.25, -0.2) is 14.6 Å². The first-order valence-corrected chi connectivity index (χ1v) is 6.45. The third-order valence-corrected chi connectivity index (χ3v) is 3.08. The van der Waals surface area contributed by atoms with Crippen molar-refractivity contribution in [1.29, 1.82) is 0 Å².